The highest BCUT2D eigenvalue weighted by molar-refractivity contribution is 6.23. The fraction of sp³-hybridized carbons (Fsp3) is 0. The van der Waals surface area contributed by atoms with E-state index in [1.807, 2.05) is 18.6 Å². The topological polar surface area (TPSA) is 25.8 Å². The molecule has 0 fully saturated rings. The van der Waals surface area contributed by atoms with Crippen LogP contribution in [-0.4, -0.2) is 9.97 Å². The molecule has 158 valence electrons. The minimum atomic E-state index is 0.970. The number of fused-ring (bicyclic) bond motifs is 4. The van der Waals surface area contributed by atoms with Crippen LogP contribution in [0.5, 0.6) is 0 Å². The Balaban J connectivity index is 1.66. The Morgan fingerprint density at radius 2 is 1.09 bits per heavy atom. The second kappa shape index (κ2) is 7.50. The molecule has 0 aliphatic rings. The monoisotopic (exact) mass is 432 g/mol. The van der Waals surface area contributed by atoms with E-state index in [-0.39, 0.29) is 0 Å². The van der Waals surface area contributed by atoms with Crippen LogP contribution in [0, 0.1) is 0 Å². The number of pyridine rings is 2. The molecule has 0 spiro atoms. The van der Waals surface area contributed by atoms with Crippen LogP contribution < -0.4 is 0 Å². The molecule has 7 aromatic rings. The van der Waals surface area contributed by atoms with Crippen molar-refractivity contribution < 1.29 is 0 Å². The molecule has 0 saturated heterocycles. The van der Waals surface area contributed by atoms with Crippen molar-refractivity contribution in [2.75, 3.05) is 0 Å². The Bertz CT molecular complexity index is 1810. The predicted molar refractivity (Wildman–Crippen MR) is 143 cm³/mol. The summed E-state index contributed by atoms with van der Waals surface area (Å²) in [6, 6.07) is 36.6. The highest BCUT2D eigenvalue weighted by atomic mass is 14.7. The van der Waals surface area contributed by atoms with Crippen molar-refractivity contribution in [3.8, 4) is 22.4 Å². The van der Waals surface area contributed by atoms with E-state index in [0.717, 1.165) is 22.0 Å². The van der Waals surface area contributed by atoms with E-state index in [1.165, 1.54) is 43.4 Å². The van der Waals surface area contributed by atoms with Crippen LogP contribution in [0.3, 0.4) is 0 Å². The molecule has 5 aromatic carbocycles. The molecule has 0 unspecified atom stereocenters. The lowest BCUT2D eigenvalue weighted by atomic mass is 9.86. The average molecular weight is 433 g/mol. The Morgan fingerprint density at radius 1 is 0.441 bits per heavy atom. The lowest BCUT2D eigenvalue weighted by Gasteiger charge is -2.18. The van der Waals surface area contributed by atoms with Gasteiger partial charge in [-0.2, -0.15) is 0 Å². The summed E-state index contributed by atoms with van der Waals surface area (Å²) < 4.78 is 0. The van der Waals surface area contributed by atoms with Gasteiger partial charge in [0.1, 0.15) is 0 Å². The Hall–Kier alpha value is -4.56. The fourth-order valence-corrected chi connectivity index (χ4v) is 5.25. The van der Waals surface area contributed by atoms with Gasteiger partial charge in [0, 0.05) is 34.9 Å². The van der Waals surface area contributed by atoms with Crippen molar-refractivity contribution in [3.63, 3.8) is 0 Å². The van der Waals surface area contributed by atoms with Crippen molar-refractivity contribution in [1.29, 1.82) is 0 Å². The molecule has 0 amide bonds. The van der Waals surface area contributed by atoms with E-state index in [4.69, 9.17) is 4.98 Å². The van der Waals surface area contributed by atoms with Gasteiger partial charge in [-0.1, -0.05) is 91.0 Å². The summed E-state index contributed by atoms with van der Waals surface area (Å²) in [6.07, 6.45) is 5.85. The highest BCUT2D eigenvalue weighted by Crippen LogP contribution is 2.44. The zero-order valence-corrected chi connectivity index (χ0v) is 18.4. The Labute approximate surface area is 197 Å². The van der Waals surface area contributed by atoms with Crippen LogP contribution in [0.1, 0.15) is 0 Å². The van der Waals surface area contributed by atoms with Crippen LogP contribution in [-0.2, 0) is 0 Å². The third kappa shape index (κ3) is 2.82. The maximum absolute atomic E-state index is 4.90. The van der Waals surface area contributed by atoms with Gasteiger partial charge in [-0.05, 0) is 55.6 Å². The number of hydrogen-bond donors (Lipinski definition) is 0. The third-order valence-corrected chi connectivity index (χ3v) is 6.77. The molecule has 0 atom stereocenters. The minimum Gasteiger partial charge on any atom is -0.264 e. The minimum absolute atomic E-state index is 0.970. The van der Waals surface area contributed by atoms with E-state index in [2.05, 4.69) is 108 Å². The summed E-state index contributed by atoms with van der Waals surface area (Å²) >= 11 is 0. The molecule has 2 nitrogen and oxygen atoms in total. The molecule has 0 radical (unpaired) electrons. The first-order chi connectivity index (χ1) is 16.9. The largest absolute Gasteiger partial charge is 0.264 e. The second-order valence-electron chi connectivity index (χ2n) is 8.66. The highest BCUT2D eigenvalue weighted by Gasteiger charge is 2.18. The average Bonchev–Trinajstić information content (AvgIpc) is 2.91. The molecule has 0 saturated carbocycles. The van der Waals surface area contributed by atoms with E-state index < -0.39 is 0 Å². The molecule has 0 bridgehead atoms. The third-order valence-electron chi connectivity index (χ3n) is 6.77. The zero-order chi connectivity index (χ0) is 22.5. The summed E-state index contributed by atoms with van der Waals surface area (Å²) in [5, 5.41) is 9.55. The van der Waals surface area contributed by atoms with Crippen molar-refractivity contribution in [3.05, 3.63) is 122 Å². The van der Waals surface area contributed by atoms with Crippen molar-refractivity contribution in [1.82, 2.24) is 9.97 Å². The number of aromatic nitrogens is 2. The van der Waals surface area contributed by atoms with Crippen molar-refractivity contribution in [2.45, 2.75) is 0 Å². The van der Waals surface area contributed by atoms with Crippen LogP contribution in [0.4, 0.5) is 0 Å². The van der Waals surface area contributed by atoms with Crippen LogP contribution in [0.2, 0.25) is 0 Å². The Kier molecular flexibility index (Phi) is 4.18. The lowest BCUT2D eigenvalue weighted by Crippen LogP contribution is -1.93. The number of nitrogens with zero attached hydrogens (tertiary/aromatic N) is 2. The maximum Gasteiger partial charge on any atom is 0.0721 e. The molecule has 0 aliphatic carbocycles. The first kappa shape index (κ1) is 19.0. The number of rotatable bonds is 2. The van der Waals surface area contributed by atoms with Gasteiger partial charge >= 0.3 is 0 Å². The molecular weight excluding hydrogens is 412 g/mol. The van der Waals surface area contributed by atoms with E-state index in [0.29, 0.717) is 0 Å². The normalized spacial score (nSPS) is 11.5. The van der Waals surface area contributed by atoms with Gasteiger partial charge in [-0.25, -0.2) is 0 Å². The second-order valence-corrected chi connectivity index (χ2v) is 8.66. The van der Waals surface area contributed by atoms with Crippen LogP contribution in [0.25, 0.3) is 65.5 Å². The SMILES string of the molecule is c1ccc2cc(-c3c4ccccc4c(-c4cccc5ccccc45)c4ccncc34)ncc2c1. The van der Waals surface area contributed by atoms with Crippen LogP contribution >= 0.6 is 0 Å². The molecule has 0 N–H and O–H groups in total. The predicted octanol–water partition coefficient (Wildman–Crippen LogP) is 8.42. The van der Waals surface area contributed by atoms with E-state index in [1.54, 1.807) is 0 Å². The molecule has 0 aliphatic heterocycles. The van der Waals surface area contributed by atoms with Gasteiger partial charge < -0.3 is 0 Å². The Morgan fingerprint density at radius 3 is 1.94 bits per heavy atom. The maximum atomic E-state index is 4.90. The molecule has 2 aromatic heterocycles. The standard InChI is InChI=1S/C32H20N2/c1-2-10-23-19-34-30(18-22(23)9-1)32-27-14-6-5-13-26(27)31(28-16-17-33-20-29(28)32)25-15-7-11-21-8-3-4-12-24(21)25/h1-20H. The summed E-state index contributed by atoms with van der Waals surface area (Å²) in [5.41, 5.74) is 4.59. The number of benzene rings is 5. The molecule has 34 heavy (non-hydrogen) atoms. The molecule has 2 heterocycles. The van der Waals surface area contributed by atoms with Crippen molar-refractivity contribution >= 4 is 43.1 Å². The summed E-state index contributed by atoms with van der Waals surface area (Å²) in [7, 11) is 0. The summed E-state index contributed by atoms with van der Waals surface area (Å²) in [4.78, 5) is 9.44. The van der Waals surface area contributed by atoms with Crippen LogP contribution in [0.15, 0.2) is 122 Å². The molecule has 2 heteroatoms. The fourth-order valence-electron chi connectivity index (χ4n) is 5.25. The first-order valence-corrected chi connectivity index (χ1v) is 11.5. The lowest BCUT2D eigenvalue weighted by molar-refractivity contribution is 1.35. The summed E-state index contributed by atoms with van der Waals surface area (Å²) in [5.74, 6) is 0. The van der Waals surface area contributed by atoms with Gasteiger partial charge in [-0.15, -0.1) is 0 Å². The van der Waals surface area contributed by atoms with Gasteiger partial charge in [0.25, 0.3) is 0 Å². The van der Waals surface area contributed by atoms with E-state index >= 15 is 0 Å². The van der Waals surface area contributed by atoms with Crippen molar-refractivity contribution in [2.24, 2.45) is 0 Å². The quantitative estimate of drug-likeness (QED) is 0.256. The van der Waals surface area contributed by atoms with Gasteiger partial charge in [0.05, 0.1) is 5.69 Å². The van der Waals surface area contributed by atoms with Gasteiger partial charge in [0.15, 0.2) is 0 Å². The smallest absolute Gasteiger partial charge is 0.0721 e. The summed E-state index contributed by atoms with van der Waals surface area (Å²) in [6.45, 7) is 0. The number of hydrogen-bond acceptors (Lipinski definition) is 2. The van der Waals surface area contributed by atoms with E-state index in [9.17, 15) is 0 Å². The van der Waals surface area contributed by atoms with Gasteiger partial charge in [-0.3, -0.25) is 9.97 Å². The zero-order valence-electron chi connectivity index (χ0n) is 18.4. The molecular formula is C32H20N2. The first-order valence-electron chi connectivity index (χ1n) is 11.5. The van der Waals surface area contributed by atoms with Gasteiger partial charge in [0.2, 0.25) is 0 Å². The molecule has 7 rings (SSSR count).